The maximum atomic E-state index is 5.89. The predicted molar refractivity (Wildman–Crippen MR) is 68.7 cm³/mol. The van der Waals surface area contributed by atoms with Crippen molar-refractivity contribution in [2.45, 2.75) is 19.5 Å². The van der Waals surface area contributed by atoms with Crippen molar-refractivity contribution in [1.29, 1.82) is 0 Å². The van der Waals surface area contributed by atoms with Gasteiger partial charge in [0, 0.05) is 24.2 Å². The van der Waals surface area contributed by atoms with E-state index in [1.807, 2.05) is 25.1 Å². The molecule has 1 aromatic rings. The van der Waals surface area contributed by atoms with Gasteiger partial charge in [0.05, 0.1) is 0 Å². The van der Waals surface area contributed by atoms with Crippen molar-refractivity contribution in [2.75, 3.05) is 13.6 Å². The molecule has 1 unspecified atom stereocenters. The fourth-order valence-corrected chi connectivity index (χ4v) is 1.72. The molecule has 1 rings (SSSR count). The van der Waals surface area contributed by atoms with Gasteiger partial charge in [-0.05, 0) is 31.7 Å². The number of nitrogens with zero attached hydrogens (tertiary/aromatic N) is 1. The fraction of sp³-hybridized carbons (Fsp3) is 0.455. The Morgan fingerprint density at radius 1 is 1.47 bits per heavy atom. The average molecular weight is 249 g/mol. The zero-order valence-electron chi connectivity index (χ0n) is 9.11. The summed E-state index contributed by atoms with van der Waals surface area (Å²) >= 11 is 5.89. The van der Waals surface area contributed by atoms with E-state index in [9.17, 15) is 0 Å². The maximum absolute atomic E-state index is 5.89. The van der Waals surface area contributed by atoms with E-state index in [1.165, 1.54) is 5.56 Å². The van der Waals surface area contributed by atoms with Crippen LogP contribution in [-0.4, -0.2) is 24.5 Å². The van der Waals surface area contributed by atoms with E-state index in [0.29, 0.717) is 0 Å². The third-order valence-electron chi connectivity index (χ3n) is 1.94. The van der Waals surface area contributed by atoms with Crippen LogP contribution in [0.3, 0.4) is 0 Å². The van der Waals surface area contributed by atoms with Crippen LogP contribution in [0.15, 0.2) is 24.3 Å². The lowest BCUT2D eigenvalue weighted by Crippen LogP contribution is -2.32. The standard InChI is InChI=1S/C11H17ClN2.ClH/c1-9(13)7-14(2)8-10-4-3-5-11(12)6-10;/h3-6,9H,7-8,13H2,1-2H3;1H. The van der Waals surface area contributed by atoms with Crippen LogP contribution in [0.25, 0.3) is 0 Å². The van der Waals surface area contributed by atoms with Gasteiger partial charge in [-0.3, -0.25) is 0 Å². The molecule has 0 aliphatic heterocycles. The lowest BCUT2D eigenvalue weighted by Gasteiger charge is -2.18. The zero-order valence-corrected chi connectivity index (χ0v) is 10.7. The van der Waals surface area contributed by atoms with Gasteiger partial charge in [0.15, 0.2) is 0 Å². The quantitative estimate of drug-likeness (QED) is 0.888. The summed E-state index contributed by atoms with van der Waals surface area (Å²) in [6.45, 7) is 3.79. The Morgan fingerprint density at radius 2 is 2.13 bits per heavy atom. The lowest BCUT2D eigenvalue weighted by molar-refractivity contribution is 0.310. The molecular weight excluding hydrogens is 231 g/mol. The van der Waals surface area contributed by atoms with Gasteiger partial charge in [-0.1, -0.05) is 23.7 Å². The van der Waals surface area contributed by atoms with E-state index in [-0.39, 0.29) is 18.4 Å². The Hall–Kier alpha value is -0.280. The summed E-state index contributed by atoms with van der Waals surface area (Å²) in [4.78, 5) is 2.19. The Kier molecular flexibility index (Phi) is 6.94. The topological polar surface area (TPSA) is 29.3 Å². The highest BCUT2D eigenvalue weighted by molar-refractivity contribution is 6.30. The molecule has 2 nitrogen and oxygen atoms in total. The first-order valence-corrected chi connectivity index (χ1v) is 5.14. The van der Waals surface area contributed by atoms with Crippen LogP contribution in [0, 0.1) is 0 Å². The Balaban J connectivity index is 0.00000196. The van der Waals surface area contributed by atoms with E-state index >= 15 is 0 Å². The summed E-state index contributed by atoms with van der Waals surface area (Å²) in [6, 6.07) is 8.12. The number of benzene rings is 1. The van der Waals surface area contributed by atoms with Crippen molar-refractivity contribution in [1.82, 2.24) is 4.90 Å². The van der Waals surface area contributed by atoms with Gasteiger partial charge < -0.3 is 10.6 Å². The van der Waals surface area contributed by atoms with E-state index in [0.717, 1.165) is 18.1 Å². The summed E-state index contributed by atoms with van der Waals surface area (Å²) in [5.41, 5.74) is 6.93. The van der Waals surface area contributed by atoms with Gasteiger partial charge in [-0.15, -0.1) is 12.4 Å². The van der Waals surface area contributed by atoms with E-state index in [4.69, 9.17) is 17.3 Å². The second-order valence-electron chi connectivity index (χ2n) is 3.80. The van der Waals surface area contributed by atoms with Crippen LogP contribution in [-0.2, 0) is 6.54 Å². The summed E-state index contributed by atoms with van der Waals surface area (Å²) < 4.78 is 0. The molecule has 2 N–H and O–H groups in total. The Bertz CT molecular complexity index is 290. The third kappa shape index (κ3) is 6.00. The lowest BCUT2D eigenvalue weighted by atomic mass is 10.2. The summed E-state index contributed by atoms with van der Waals surface area (Å²) in [5, 5.41) is 0.789. The van der Waals surface area contributed by atoms with Crippen LogP contribution in [0.2, 0.25) is 5.02 Å². The van der Waals surface area contributed by atoms with Crippen molar-refractivity contribution >= 4 is 24.0 Å². The number of hydrogen-bond donors (Lipinski definition) is 1. The molecule has 0 aromatic heterocycles. The average Bonchev–Trinajstić information content (AvgIpc) is 2.01. The SMILES string of the molecule is CC(N)CN(C)Cc1cccc(Cl)c1.Cl. The van der Waals surface area contributed by atoms with Gasteiger partial charge in [-0.2, -0.15) is 0 Å². The van der Waals surface area contributed by atoms with Crippen molar-refractivity contribution in [2.24, 2.45) is 5.73 Å². The molecule has 0 radical (unpaired) electrons. The molecule has 86 valence electrons. The molecule has 4 heteroatoms. The van der Waals surface area contributed by atoms with Gasteiger partial charge in [0.1, 0.15) is 0 Å². The second-order valence-corrected chi connectivity index (χ2v) is 4.24. The highest BCUT2D eigenvalue weighted by atomic mass is 35.5. The number of rotatable bonds is 4. The van der Waals surface area contributed by atoms with Gasteiger partial charge in [0.25, 0.3) is 0 Å². The fourth-order valence-electron chi connectivity index (χ4n) is 1.50. The molecule has 0 amide bonds. The molecule has 0 fully saturated rings. The molecule has 0 spiro atoms. The van der Waals surface area contributed by atoms with Crippen LogP contribution < -0.4 is 5.73 Å². The Morgan fingerprint density at radius 3 is 2.67 bits per heavy atom. The highest BCUT2D eigenvalue weighted by Gasteiger charge is 2.02. The van der Waals surface area contributed by atoms with E-state index in [2.05, 4.69) is 18.0 Å². The smallest absolute Gasteiger partial charge is 0.0409 e. The van der Waals surface area contributed by atoms with Crippen molar-refractivity contribution in [3.8, 4) is 0 Å². The minimum atomic E-state index is 0. The van der Waals surface area contributed by atoms with Gasteiger partial charge in [-0.25, -0.2) is 0 Å². The molecule has 0 saturated heterocycles. The first-order chi connectivity index (χ1) is 6.58. The molecule has 0 saturated carbocycles. The summed E-state index contributed by atoms with van der Waals surface area (Å²) in [5.74, 6) is 0. The molecule has 1 atom stereocenters. The van der Waals surface area contributed by atoms with Crippen LogP contribution in [0.5, 0.6) is 0 Å². The minimum Gasteiger partial charge on any atom is -0.327 e. The zero-order chi connectivity index (χ0) is 10.6. The molecule has 1 aromatic carbocycles. The Labute approximate surface area is 103 Å². The molecular formula is C11H18Cl2N2. The van der Waals surface area contributed by atoms with E-state index in [1.54, 1.807) is 0 Å². The monoisotopic (exact) mass is 248 g/mol. The summed E-state index contributed by atoms with van der Waals surface area (Å²) in [7, 11) is 2.06. The molecule has 15 heavy (non-hydrogen) atoms. The van der Waals surface area contributed by atoms with Crippen LogP contribution in [0.4, 0.5) is 0 Å². The number of halogens is 2. The molecule has 0 aliphatic carbocycles. The first-order valence-electron chi connectivity index (χ1n) is 4.76. The highest BCUT2D eigenvalue weighted by Crippen LogP contribution is 2.11. The van der Waals surface area contributed by atoms with Crippen LogP contribution in [0.1, 0.15) is 12.5 Å². The number of nitrogens with two attached hydrogens (primary N) is 1. The number of likely N-dealkylation sites (N-methyl/N-ethyl adjacent to an activating group) is 1. The second kappa shape index (κ2) is 7.07. The van der Waals surface area contributed by atoms with Crippen molar-refractivity contribution in [3.63, 3.8) is 0 Å². The van der Waals surface area contributed by atoms with Gasteiger partial charge in [0.2, 0.25) is 0 Å². The van der Waals surface area contributed by atoms with Crippen molar-refractivity contribution < 1.29 is 0 Å². The predicted octanol–water partition coefficient (Wildman–Crippen LogP) is 2.54. The van der Waals surface area contributed by atoms with Gasteiger partial charge >= 0.3 is 0 Å². The maximum Gasteiger partial charge on any atom is 0.0409 e. The minimum absolute atomic E-state index is 0. The first kappa shape index (κ1) is 14.7. The van der Waals surface area contributed by atoms with Crippen molar-refractivity contribution in [3.05, 3.63) is 34.9 Å². The molecule has 0 heterocycles. The summed E-state index contributed by atoms with van der Waals surface area (Å²) in [6.07, 6.45) is 0. The number of hydrogen-bond acceptors (Lipinski definition) is 2. The van der Waals surface area contributed by atoms with Crippen LogP contribution >= 0.6 is 24.0 Å². The molecule has 0 aliphatic rings. The normalized spacial score (nSPS) is 12.3. The largest absolute Gasteiger partial charge is 0.327 e. The molecule has 0 bridgehead atoms. The van der Waals surface area contributed by atoms with E-state index < -0.39 is 0 Å². The third-order valence-corrected chi connectivity index (χ3v) is 2.18.